The van der Waals surface area contributed by atoms with Crippen LogP contribution in [0.4, 0.5) is 0 Å². The molecule has 0 spiro atoms. The first-order valence-corrected chi connectivity index (χ1v) is 6.89. The number of carbonyl (C=O) groups excluding carboxylic acids is 1. The molecule has 0 saturated heterocycles. The van der Waals surface area contributed by atoms with E-state index in [2.05, 4.69) is 12.2 Å². The topological polar surface area (TPSA) is 55.1 Å². The highest BCUT2D eigenvalue weighted by molar-refractivity contribution is 8.00. The first-order chi connectivity index (χ1) is 8.22. The zero-order valence-corrected chi connectivity index (χ0v) is 11.0. The molecule has 1 aromatic carbocycles. The number of hydrogen-bond acceptors (Lipinski definition) is 3. The van der Waals surface area contributed by atoms with E-state index in [1.807, 2.05) is 30.3 Å². The number of thioether (sulfide) groups is 1. The standard InChI is InChI=1S/C13H20N2OS/c1-11(7-8-14)17-10-13(16)15-9-12-5-3-2-4-6-12/h2-6,11H,7-10,14H2,1H3,(H,15,16). The van der Waals surface area contributed by atoms with Crippen molar-refractivity contribution in [3.63, 3.8) is 0 Å². The number of nitrogens with two attached hydrogens (primary N) is 1. The molecule has 0 radical (unpaired) electrons. The van der Waals surface area contributed by atoms with Gasteiger partial charge in [-0.05, 0) is 18.5 Å². The fourth-order valence-electron chi connectivity index (χ4n) is 1.38. The third-order valence-electron chi connectivity index (χ3n) is 2.40. The summed E-state index contributed by atoms with van der Waals surface area (Å²) in [5, 5.41) is 3.35. The molecule has 1 unspecified atom stereocenters. The fraction of sp³-hybridized carbons (Fsp3) is 0.462. The highest BCUT2D eigenvalue weighted by Gasteiger charge is 2.06. The molecule has 1 atom stereocenters. The van der Waals surface area contributed by atoms with E-state index in [1.54, 1.807) is 11.8 Å². The first kappa shape index (κ1) is 14.1. The second-order valence-electron chi connectivity index (χ2n) is 3.96. The summed E-state index contributed by atoms with van der Waals surface area (Å²) in [6.45, 7) is 3.38. The van der Waals surface area contributed by atoms with E-state index in [9.17, 15) is 4.79 Å². The van der Waals surface area contributed by atoms with E-state index in [0.29, 0.717) is 24.1 Å². The maximum absolute atomic E-state index is 11.6. The molecule has 0 bridgehead atoms. The van der Waals surface area contributed by atoms with Crippen LogP contribution in [0.1, 0.15) is 18.9 Å². The Morgan fingerprint density at radius 3 is 2.76 bits per heavy atom. The van der Waals surface area contributed by atoms with Gasteiger partial charge < -0.3 is 11.1 Å². The molecule has 1 amide bonds. The van der Waals surface area contributed by atoms with Crippen LogP contribution in [0.15, 0.2) is 30.3 Å². The fourth-order valence-corrected chi connectivity index (χ4v) is 2.22. The summed E-state index contributed by atoms with van der Waals surface area (Å²) in [7, 11) is 0. The lowest BCUT2D eigenvalue weighted by atomic mass is 10.2. The van der Waals surface area contributed by atoms with Gasteiger partial charge in [0.15, 0.2) is 0 Å². The Balaban J connectivity index is 2.17. The second kappa shape index (κ2) is 8.14. The molecule has 0 aliphatic carbocycles. The molecular weight excluding hydrogens is 232 g/mol. The average Bonchev–Trinajstić information content (AvgIpc) is 2.35. The number of hydrogen-bond donors (Lipinski definition) is 2. The molecule has 0 fully saturated rings. The summed E-state index contributed by atoms with van der Waals surface area (Å²) in [6.07, 6.45) is 0.955. The van der Waals surface area contributed by atoms with Gasteiger partial charge in [-0.25, -0.2) is 0 Å². The van der Waals surface area contributed by atoms with Crippen LogP contribution in [0.3, 0.4) is 0 Å². The minimum atomic E-state index is 0.0859. The summed E-state index contributed by atoms with van der Waals surface area (Å²) in [6, 6.07) is 9.92. The molecule has 0 heterocycles. The second-order valence-corrected chi connectivity index (χ2v) is 5.39. The number of rotatable bonds is 7. The zero-order chi connectivity index (χ0) is 12.5. The van der Waals surface area contributed by atoms with Gasteiger partial charge in [-0.3, -0.25) is 4.79 Å². The van der Waals surface area contributed by atoms with Crippen LogP contribution in [0.2, 0.25) is 0 Å². The van der Waals surface area contributed by atoms with Crippen LogP contribution < -0.4 is 11.1 Å². The zero-order valence-electron chi connectivity index (χ0n) is 10.2. The van der Waals surface area contributed by atoms with Crippen molar-refractivity contribution >= 4 is 17.7 Å². The van der Waals surface area contributed by atoms with Crippen LogP contribution in [0.5, 0.6) is 0 Å². The molecule has 1 aromatic rings. The van der Waals surface area contributed by atoms with Gasteiger partial charge in [0, 0.05) is 11.8 Å². The van der Waals surface area contributed by atoms with Crippen molar-refractivity contribution in [1.82, 2.24) is 5.32 Å². The maximum Gasteiger partial charge on any atom is 0.230 e. The van der Waals surface area contributed by atoms with Gasteiger partial charge in [-0.1, -0.05) is 37.3 Å². The molecule has 17 heavy (non-hydrogen) atoms. The summed E-state index contributed by atoms with van der Waals surface area (Å²) < 4.78 is 0. The highest BCUT2D eigenvalue weighted by Crippen LogP contribution is 2.12. The highest BCUT2D eigenvalue weighted by atomic mass is 32.2. The molecule has 4 heteroatoms. The molecule has 0 aliphatic rings. The van der Waals surface area contributed by atoms with Crippen molar-refractivity contribution in [2.45, 2.75) is 25.1 Å². The molecular formula is C13H20N2OS. The Morgan fingerprint density at radius 1 is 1.41 bits per heavy atom. The molecule has 0 saturated carbocycles. The van der Waals surface area contributed by atoms with Crippen molar-refractivity contribution < 1.29 is 4.79 Å². The molecule has 0 aliphatic heterocycles. The van der Waals surface area contributed by atoms with Crippen molar-refractivity contribution in [1.29, 1.82) is 0 Å². The van der Waals surface area contributed by atoms with E-state index in [0.717, 1.165) is 12.0 Å². The Kier molecular flexibility index (Phi) is 6.74. The largest absolute Gasteiger partial charge is 0.351 e. The number of nitrogens with one attached hydrogen (secondary N) is 1. The van der Waals surface area contributed by atoms with Crippen LogP contribution in [0, 0.1) is 0 Å². The quantitative estimate of drug-likeness (QED) is 0.777. The van der Waals surface area contributed by atoms with E-state index in [4.69, 9.17) is 5.73 Å². The third kappa shape index (κ3) is 6.34. The predicted molar refractivity (Wildman–Crippen MR) is 73.9 cm³/mol. The van der Waals surface area contributed by atoms with E-state index in [1.165, 1.54) is 0 Å². The molecule has 0 aromatic heterocycles. The van der Waals surface area contributed by atoms with Gasteiger partial charge in [0.2, 0.25) is 5.91 Å². The average molecular weight is 252 g/mol. The SMILES string of the molecule is CC(CCN)SCC(=O)NCc1ccccc1. The Morgan fingerprint density at radius 2 is 2.12 bits per heavy atom. The van der Waals surface area contributed by atoms with Crippen molar-refractivity contribution in [2.75, 3.05) is 12.3 Å². The van der Waals surface area contributed by atoms with Gasteiger partial charge in [0.1, 0.15) is 0 Å². The maximum atomic E-state index is 11.6. The number of benzene rings is 1. The van der Waals surface area contributed by atoms with Crippen molar-refractivity contribution in [3.05, 3.63) is 35.9 Å². The Hall–Kier alpha value is -1.00. The lowest BCUT2D eigenvalue weighted by molar-refractivity contribution is -0.118. The van der Waals surface area contributed by atoms with Gasteiger partial charge in [-0.2, -0.15) is 0 Å². The van der Waals surface area contributed by atoms with Gasteiger partial charge in [0.25, 0.3) is 0 Å². The van der Waals surface area contributed by atoms with E-state index < -0.39 is 0 Å². The summed E-state index contributed by atoms with van der Waals surface area (Å²) >= 11 is 1.65. The number of amides is 1. The normalized spacial score (nSPS) is 12.1. The minimum Gasteiger partial charge on any atom is -0.351 e. The smallest absolute Gasteiger partial charge is 0.230 e. The Labute approximate surface area is 107 Å². The summed E-state index contributed by atoms with van der Waals surface area (Å²) in [5.41, 5.74) is 6.58. The van der Waals surface area contributed by atoms with Crippen molar-refractivity contribution in [2.24, 2.45) is 5.73 Å². The van der Waals surface area contributed by atoms with Crippen LogP contribution in [0.25, 0.3) is 0 Å². The molecule has 1 rings (SSSR count). The molecule has 3 nitrogen and oxygen atoms in total. The third-order valence-corrected chi connectivity index (χ3v) is 3.64. The van der Waals surface area contributed by atoms with E-state index >= 15 is 0 Å². The van der Waals surface area contributed by atoms with E-state index in [-0.39, 0.29) is 5.91 Å². The Bertz CT molecular complexity index is 329. The number of carbonyl (C=O) groups is 1. The molecule has 3 N–H and O–H groups in total. The minimum absolute atomic E-state index is 0.0859. The summed E-state index contributed by atoms with van der Waals surface area (Å²) in [5.74, 6) is 0.594. The summed E-state index contributed by atoms with van der Waals surface area (Å²) in [4.78, 5) is 11.6. The van der Waals surface area contributed by atoms with Gasteiger partial charge >= 0.3 is 0 Å². The van der Waals surface area contributed by atoms with Crippen LogP contribution in [-0.4, -0.2) is 23.5 Å². The lowest BCUT2D eigenvalue weighted by Crippen LogP contribution is -2.25. The lowest BCUT2D eigenvalue weighted by Gasteiger charge is -2.09. The monoisotopic (exact) mass is 252 g/mol. The van der Waals surface area contributed by atoms with Gasteiger partial charge in [-0.15, -0.1) is 11.8 Å². The van der Waals surface area contributed by atoms with Crippen molar-refractivity contribution in [3.8, 4) is 0 Å². The van der Waals surface area contributed by atoms with Crippen LogP contribution in [-0.2, 0) is 11.3 Å². The molecule has 94 valence electrons. The van der Waals surface area contributed by atoms with Crippen LogP contribution >= 0.6 is 11.8 Å². The predicted octanol–water partition coefficient (Wildman–Crippen LogP) is 1.77. The first-order valence-electron chi connectivity index (χ1n) is 5.84. The van der Waals surface area contributed by atoms with Gasteiger partial charge in [0.05, 0.1) is 5.75 Å².